The SMILES string of the molecule is CCC1CCC(NC)C(S(=O)c2ccccc2)C1. The molecule has 0 aromatic heterocycles. The van der Waals surface area contributed by atoms with Gasteiger partial charge in [-0.15, -0.1) is 0 Å². The lowest BCUT2D eigenvalue weighted by Crippen LogP contribution is -2.44. The zero-order chi connectivity index (χ0) is 13.0. The molecule has 18 heavy (non-hydrogen) atoms. The molecule has 0 amide bonds. The van der Waals surface area contributed by atoms with Gasteiger partial charge in [0.2, 0.25) is 0 Å². The fourth-order valence-corrected chi connectivity index (χ4v) is 4.67. The molecule has 4 unspecified atom stereocenters. The van der Waals surface area contributed by atoms with Crippen LogP contribution in [-0.2, 0) is 10.8 Å². The maximum atomic E-state index is 12.7. The Balaban J connectivity index is 2.15. The van der Waals surface area contributed by atoms with Gasteiger partial charge in [0.15, 0.2) is 0 Å². The first kappa shape index (κ1) is 13.8. The Morgan fingerprint density at radius 2 is 2.00 bits per heavy atom. The third kappa shape index (κ3) is 3.01. The lowest BCUT2D eigenvalue weighted by atomic mass is 9.84. The molecule has 1 aliphatic carbocycles. The molecular formula is C15H23NOS. The summed E-state index contributed by atoms with van der Waals surface area (Å²) in [6, 6.07) is 10.3. The summed E-state index contributed by atoms with van der Waals surface area (Å²) >= 11 is 0. The van der Waals surface area contributed by atoms with Gasteiger partial charge in [-0.2, -0.15) is 0 Å². The van der Waals surface area contributed by atoms with E-state index in [1.54, 1.807) is 0 Å². The number of nitrogens with one attached hydrogen (secondary N) is 1. The highest BCUT2D eigenvalue weighted by Gasteiger charge is 2.33. The van der Waals surface area contributed by atoms with Crippen molar-refractivity contribution >= 4 is 10.8 Å². The fraction of sp³-hybridized carbons (Fsp3) is 0.600. The first-order chi connectivity index (χ1) is 8.76. The molecule has 1 N–H and O–H groups in total. The van der Waals surface area contributed by atoms with Crippen LogP contribution in [0.1, 0.15) is 32.6 Å². The van der Waals surface area contributed by atoms with E-state index in [1.165, 1.54) is 12.8 Å². The molecule has 1 fully saturated rings. The molecule has 1 saturated carbocycles. The number of benzene rings is 1. The van der Waals surface area contributed by atoms with E-state index in [-0.39, 0.29) is 5.25 Å². The highest BCUT2D eigenvalue weighted by atomic mass is 32.2. The van der Waals surface area contributed by atoms with Crippen molar-refractivity contribution in [1.29, 1.82) is 0 Å². The lowest BCUT2D eigenvalue weighted by molar-refractivity contribution is 0.301. The summed E-state index contributed by atoms with van der Waals surface area (Å²) in [4.78, 5) is 0.972. The van der Waals surface area contributed by atoms with Crippen LogP contribution >= 0.6 is 0 Å². The minimum Gasteiger partial charge on any atom is -0.316 e. The lowest BCUT2D eigenvalue weighted by Gasteiger charge is -2.35. The Morgan fingerprint density at radius 3 is 2.61 bits per heavy atom. The van der Waals surface area contributed by atoms with Crippen LogP contribution in [0.3, 0.4) is 0 Å². The van der Waals surface area contributed by atoms with Gasteiger partial charge < -0.3 is 5.32 Å². The minimum atomic E-state index is -0.885. The van der Waals surface area contributed by atoms with E-state index in [0.717, 1.165) is 23.7 Å². The van der Waals surface area contributed by atoms with Crippen LogP contribution in [-0.4, -0.2) is 22.5 Å². The second-order valence-corrected chi connectivity index (χ2v) is 6.80. The maximum absolute atomic E-state index is 12.7. The van der Waals surface area contributed by atoms with Crippen LogP contribution in [0.15, 0.2) is 35.2 Å². The molecule has 1 aliphatic rings. The molecule has 0 radical (unpaired) electrons. The van der Waals surface area contributed by atoms with E-state index >= 15 is 0 Å². The molecule has 100 valence electrons. The molecule has 2 nitrogen and oxygen atoms in total. The predicted molar refractivity (Wildman–Crippen MR) is 77.1 cm³/mol. The average Bonchev–Trinajstić information content (AvgIpc) is 2.46. The van der Waals surface area contributed by atoms with E-state index in [0.29, 0.717) is 6.04 Å². The molecule has 0 bridgehead atoms. The Morgan fingerprint density at radius 1 is 1.28 bits per heavy atom. The van der Waals surface area contributed by atoms with Crippen LogP contribution in [0.5, 0.6) is 0 Å². The first-order valence-electron chi connectivity index (χ1n) is 6.89. The van der Waals surface area contributed by atoms with E-state index in [1.807, 2.05) is 37.4 Å². The van der Waals surface area contributed by atoms with Gasteiger partial charge in [0, 0.05) is 10.9 Å². The summed E-state index contributed by atoms with van der Waals surface area (Å²) in [5, 5.41) is 3.62. The zero-order valence-electron chi connectivity index (χ0n) is 11.3. The Kier molecular flexibility index (Phi) is 4.95. The molecule has 2 rings (SSSR count). The molecule has 0 heterocycles. The maximum Gasteiger partial charge on any atom is 0.0576 e. The van der Waals surface area contributed by atoms with Crippen LogP contribution < -0.4 is 5.32 Å². The Labute approximate surface area is 113 Å². The largest absolute Gasteiger partial charge is 0.316 e. The van der Waals surface area contributed by atoms with Gasteiger partial charge in [-0.05, 0) is 44.4 Å². The van der Waals surface area contributed by atoms with Crippen molar-refractivity contribution in [3.8, 4) is 0 Å². The highest BCUT2D eigenvalue weighted by Crippen LogP contribution is 2.31. The molecule has 1 aromatic rings. The van der Waals surface area contributed by atoms with Crippen molar-refractivity contribution < 1.29 is 4.21 Å². The molecule has 4 atom stereocenters. The summed E-state index contributed by atoms with van der Waals surface area (Å²) in [6.07, 6.45) is 4.71. The predicted octanol–water partition coefficient (Wildman–Crippen LogP) is 2.96. The van der Waals surface area contributed by atoms with E-state index in [2.05, 4.69) is 12.2 Å². The topological polar surface area (TPSA) is 29.1 Å². The highest BCUT2D eigenvalue weighted by molar-refractivity contribution is 7.85. The van der Waals surface area contributed by atoms with Gasteiger partial charge in [0.05, 0.1) is 16.0 Å². The second kappa shape index (κ2) is 6.48. The van der Waals surface area contributed by atoms with Crippen molar-refractivity contribution in [1.82, 2.24) is 5.32 Å². The first-order valence-corrected chi connectivity index (χ1v) is 8.10. The van der Waals surface area contributed by atoms with Gasteiger partial charge in [0.1, 0.15) is 0 Å². The molecule has 1 aromatic carbocycles. The molecule has 0 aliphatic heterocycles. The summed E-state index contributed by atoms with van der Waals surface area (Å²) < 4.78 is 12.7. The summed E-state index contributed by atoms with van der Waals surface area (Å²) in [5.41, 5.74) is 0. The normalized spacial score (nSPS) is 30.0. The Hall–Kier alpha value is -0.670. The van der Waals surface area contributed by atoms with Crippen LogP contribution in [0.2, 0.25) is 0 Å². The third-order valence-corrected chi connectivity index (χ3v) is 5.91. The van der Waals surface area contributed by atoms with Crippen LogP contribution in [0.25, 0.3) is 0 Å². The molecule has 3 heteroatoms. The van der Waals surface area contributed by atoms with E-state index in [4.69, 9.17) is 0 Å². The number of hydrogen-bond acceptors (Lipinski definition) is 2. The van der Waals surface area contributed by atoms with Gasteiger partial charge in [-0.1, -0.05) is 31.5 Å². The Bertz CT molecular complexity index is 393. The van der Waals surface area contributed by atoms with Gasteiger partial charge in [-0.25, -0.2) is 0 Å². The van der Waals surface area contributed by atoms with E-state index < -0.39 is 10.8 Å². The van der Waals surface area contributed by atoms with Crippen LogP contribution in [0.4, 0.5) is 0 Å². The standard InChI is InChI=1S/C15H23NOS/c1-3-12-9-10-14(16-2)15(11-12)18(17)13-7-5-4-6-8-13/h4-8,12,14-16H,3,9-11H2,1-2H3. The minimum absolute atomic E-state index is 0.260. The molecule has 0 spiro atoms. The zero-order valence-corrected chi connectivity index (χ0v) is 12.1. The second-order valence-electron chi connectivity index (χ2n) is 5.13. The van der Waals surface area contributed by atoms with Crippen molar-refractivity contribution in [3.05, 3.63) is 30.3 Å². The average molecular weight is 265 g/mol. The third-order valence-electron chi connectivity index (χ3n) is 4.10. The summed E-state index contributed by atoms with van der Waals surface area (Å²) in [6.45, 7) is 2.24. The van der Waals surface area contributed by atoms with Gasteiger partial charge in [-0.3, -0.25) is 4.21 Å². The fourth-order valence-electron chi connectivity index (χ4n) is 2.88. The van der Waals surface area contributed by atoms with Crippen molar-refractivity contribution in [2.24, 2.45) is 5.92 Å². The molecular weight excluding hydrogens is 242 g/mol. The summed E-state index contributed by atoms with van der Waals surface area (Å²) in [5.74, 6) is 0.743. The smallest absolute Gasteiger partial charge is 0.0576 e. The van der Waals surface area contributed by atoms with E-state index in [9.17, 15) is 4.21 Å². The monoisotopic (exact) mass is 265 g/mol. The number of rotatable bonds is 4. The van der Waals surface area contributed by atoms with Crippen molar-refractivity contribution in [2.45, 2.75) is 48.8 Å². The quantitative estimate of drug-likeness (QED) is 0.907. The van der Waals surface area contributed by atoms with Gasteiger partial charge >= 0.3 is 0 Å². The van der Waals surface area contributed by atoms with Crippen molar-refractivity contribution in [2.75, 3.05) is 7.05 Å². The summed E-state index contributed by atoms with van der Waals surface area (Å²) in [7, 11) is 1.11. The molecule has 0 saturated heterocycles. The number of hydrogen-bond donors (Lipinski definition) is 1. The van der Waals surface area contributed by atoms with Crippen molar-refractivity contribution in [3.63, 3.8) is 0 Å². The van der Waals surface area contributed by atoms with Crippen LogP contribution in [0, 0.1) is 5.92 Å². The van der Waals surface area contributed by atoms with Gasteiger partial charge in [0.25, 0.3) is 0 Å².